The van der Waals surface area contributed by atoms with Gasteiger partial charge in [-0.15, -0.1) is 0 Å². The number of aromatic nitrogens is 1. The third-order valence-corrected chi connectivity index (χ3v) is 6.40. The van der Waals surface area contributed by atoms with Crippen molar-refractivity contribution in [3.63, 3.8) is 0 Å². The summed E-state index contributed by atoms with van der Waals surface area (Å²) in [5.41, 5.74) is 2.58. The lowest BCUT2D eigenvalue weighted by Gasteiger charge is -2.12. The molecule has 2 heterocycles. The predicted octanol–water partition coefficient (Wildman–Crippen LogP) is 4.03. The minimum Gasteiger partial charge on any atom is -0.681 e. The van der Waals surface area contributed by atoms with Crippen molar-refractivity contribution >= 4 is 71.6 Å². The van der Waals surface area contributed by atoms with Gasteiger partial charge in [0.1, 0.15) is 11.7 Å². The number of thiazole rings is 1. The van der Waals surface area contributed by atoms with E-state index in [0.29, 0.717) is 0 Å². The number of hydrogen-bond acceptors (Lipinski definition) is 7. The molecule has 1 aliphatic heterocycles. The van der Waals surface area contributed by atoms with Crippen molar-refractivity contribution in [3.05, 3.63) is 58.6 Å². The Morgan fingerprint density at radius 1 is 1.22 bits per heavy atom. The highest BCUT2D eigenvalue weighted by atomic mass is 127. The average molecular weight is 514 g/mol. The topological polar surface area (TPSA) is 65.7 Å². The maximum absolute atomic E-state index is 9.48. The molecule has 0 saturated heterocycles. The number of para-hydroxylation sites is 2. The van der Waals surface area contributed by atoms with Gasteiger partial charge >= 0.3 is 3.98 Å². The fourth-order valence-corrected chi connectivity index (χ4v) is 4.95. The Labute approximate surface area is 178 Å². The Morgan fingerprint density at radius 2 is 1.93 bits per heavy atom. The lowest BCUT2D eigenvalue weighted by molar-refractivity contribution is -0.784. The van der Waals surface area contributed by atoms with Crippen LogP contribution in [-0.4, -0.2) is 11.0 Å². The van der Waals surface area contributed by atoms with Crippen LogP contribution in [0.25, 0.3) is 16.3 Å². The number of carbonyl (C=O) groups excluding carboxylic acids is 1. The monoisotopic (exact) mass is 514 g/mol. The van der Waals surface area contributed by atoms with Gasteiger partial charge < -0.3 is 10.2 Å². The normalized spacial score (nSPS) is 14.1. The molecule has 0 unspecified atom stereocenters. The fraction of sp³-hybridized carbons (Fsp3) is 0.111. The minimum absolute atomic E-state index is 0.775. The molecular weight excluding hydrogens is 499 g/mol. The van der Waals surface area contributed by atoms with E-state index in [1.54, 1.807) is 0 Å². The smallest absolute Gasteiger partial charge is 0.399 e. The van der Waals surface area contributed by atoms with Crippen molar-refractivity contribution in [2.45, 2.75) is 4.90 Å². The van der Waals surface area contributed by atoms with Gasteiger partial charge in [0.25, 0.3) is 5.01 Å². The van der Waals surface area contributed by atoms with E-state index >= 15 is 0 Å². The highest BCUT2D eigenvalue weighted by molar-refractivity contribution is 14.1. The lowest BCUT2D eigenvalue weighted by atomic mass is 10.3. The van der Waals surface area contributed by atoms with Crippen molar-refractivity contribution in [2.24, 2.45) is 7.05 Å². The molecule has 0 saturated carbocycles. The van der Waals surface area contributed by atoms with Crippen LogP contribution in [0.1, 0.15) is 5.01 Å². The average Bonchev–Trinajstić information content (AvgIpc) is 3.14. The summed E-state index contributed by atoms with van der Waals surface area (Å²) in [7, 11) is 4.27. The molecule has 3 aromatic rings. The van der Waals surface area contributed by atoms with Crippen molar-refractivity contribution in [2.75, 3.05) is 11.9 Å². The first-order valence-corrected chi connectivity index (χ1v) is 10.5. The van der Waals surface area contributed by atoms with Crippen molar-refractivity contribution in [3.8, 4) is 0 Å². The molecule has 0 aliphatic carbocycles. The molecule has 0 spiro atoms. The first-order chi connectivity index (χ1) is 13.0. The van der Waals surface area contributed by atoms with Gasteiger partial charge in [-0.2, -0.15) is 4.57 Å². The number of carbonyl (C=O) groups is 1. The van der Waals surface area contributed by atoms with Gasteiger partial charge in [0.15, 0.2) is 0 Å². The first kappa shape index (κ1) is 20.1. The van der Waals surface area contributed by atoms with Gasteiger partial charge in [-0.3, -0.25) is 4.89 Å². The maximum atomic E-state index is 9.48. The van der Waals surface area contributed by atoms with Gasteiger partial charge in [-0.05, 0) is 18.2 Å². The van der Waals surface area contributed by atoms with Crippen LogP contribution < -0.4 is 14.7 Å². The molecule has 0 amide bonds. The number of fused-ring (bicyclic) bond motifs is 2. The van der Waals surface area contributed by atoms with Crippen LogP contribution >= 0.6 is 45.7 Å². The van der Waals surface area contributed by atoms with Crippen molar-refractivity contribution in [1.82, 2.24) is 0 Å². The van der Waals surface area contributed by atoms with E-state index in [1.165, 1.54) is 53.4 Å². The predicted molar refractivity (Wildman–Crippen MR) is 113 cm³/mol. The Bertz CT molecular complexity index is 1010. The lowest BCUT2D eigenvalue weighted by Crippen LogP contribution is -2.29. The maximum Gasteiger partial charge on any atom is 0.399 e. The van der Waals surface area contributed by atoms with Crippen LogP contribution in [0.3, 0.4) is 0 Å². The summed E-state index contributed by atoms with van der Waals surface area (Å²) in [5.74, 6) is 0. The molecule has 0 atom stereocenters. The summed E-state index contributed by atoms with van der Waals surface area (Å²) in [6.45, 7) is 0. The van der Waals surface area contributed by atoms with Gasteiger partial charge in [-0.25, -0.2) is 9.83 Å². The summed E-state index contributed by atoms with van der Waals surface area (Å²) in [6, 6.07) is 17.1. The minimum atomic E-state index is -0.775. The van der Waals surface area contributed by atoms with E-state index in [1.807, 2.05) is 23.1 Å². The summed E-state index contributed by atoms with van der Waals surface area (Å²) in [6.07, 6.45) is 2.29. The van der Waals surface area contributed by atoms with Crippen LogP contribution in [0, 0.1) is 0 Å². The van der Waals surface area contributed by atoms with Crippen LogP contribution in [0.15, 0.2) is 58.5 Å². The third-order valence-electron chi connectivity index (χ3n) is 3.89. The largest absolute Gasteiger partial charge is 0.681 e. The second kappa shape index (κ2) is 9.02. The zero-order valence-electron chi connectivity index (χ0n) is 14.4. The Morgan fingerprint density at radius 3 is 2.56 bits per heavy atom. The summed E-state index contributed by atoms with van der Waals surface area (Å²) in [4.78, 5) is 16.4. The van der Waals surface area contributed by atoms with Gasteiger partial charge in [-0.1, -0.05) is 47.4 Å². The van der Waals surface area contributed by atoms with Crippen LogP contribution in [0.4, 0.5) is 10.5 Å². The summed E-state index contributed by atoms with van der Waals surface area (Å²) < 4.78 is 2.82. The molecule has 0 bridgehead atoms. The van der Waals surface area contributed by atoms with E-state index in [-0.39, 0.29) is 0 Å². The summed E-state index contributed by atoms with van der Waals surface area (Å²) in [5, 5.41) is 14.0. The number of thioether (sulfide) groups is 1. The standard InChI is InChI=1S/C17H15N2S2.CHIO4/c1-18-12-7-3-5-9-14(12)20-16(18)11-17-19(2)13-8-4-6-10-15(13)21-17;2-1(3)5-6-4/h3-11H,1-2H3;4H/q+1;/p-1. The molecule has 1 aliphatic rings. The molecule has 0 N–H and O–H groups in total. The number of rotatable bonds is 2. The molecule has 0 fully saturated rings. The quantitative estimate of drug-likeness (QED) is 0.169. The number of nitrogens with zero attached hydrogens (tertiary/aromatic N) is 2. The third kappa shape index (κ3) is 4.61. The number of anilines is 1. The van der Waals surface area contributed by atoms with Crippen molar-refractivity contribution < 1.29 is 24.5 Å². The molecule has 6 nitrogen and oxygen atoms in total. The Hall–Kier alpha value is -1.66. The second-order valence-corrected chi connectivity index (χ2v) is 8.47. The highest BCUT2D eigenvalue weighted by Gasteiger charge is 2.24. The molecule has 1 aromatic heterocycles. The fourth-order valence-electron chi connectivity index (χ4n) is 2.63. The molecule has 2 aromatic carbocycles. The van der Waals surface area contributed by atoms with E-state index in [9.17, 15) is 4.79 Å². The molecule has 27 heavy (non-hydrogen) atoms. The number of benzene rings is 2. The Kier molecular flexibility index (Phi) is 6.71. The SMILES string of the molecule is CN1C(=Cc2sc3ccccc3[n+]2C)Sc2ccccc21.O=C(I)OO[O-]. The van der Waals surface area contributed by atoms with E-state index in [0.717, 1.165) is 0 Å². The molecule has 4 rings (SSSR count). The van der Waals surface area contributed by atoms with Gasteiger partial charge in [0.2, 0.25) is 5.52 Å². The van der Waals surface area contributed by atoms with Crippen LogP contribution in [-0.2, 0) is 17.0 Å². The first-order valence-electron chi connectivity index (χ1n) is 7.77. The summed E-state index contributed by atoms with van der Waals surface area (Å²) >= 11 is 4.93. The number of hydrogen-bond donors (Lipinski definition) is 0. The molecule has 0 radical (unpaired) electrons. The van der Waals surface area contributed by atoms with Crippen molar-refractivity contribution in [1.29, 1.82) is 0 Å². The highest BCUT2D eigenvalue weighted by Crippen LogP contribution is 2.45. The Balaban J connectivity index is 0.000000307. The molecule has 9 heteroatoms. The number of halogens is 1. The van der Waals surface area contributed by atoms with Crippen LogP contribution in [0.5, 0.6) is 0 Å². The van der Waals surface area contributed by atoms with E-state index in [2.05, 4.69) is 88.1 Å². The number of aryl methyl sites for hydroxylation is 1. The molecular formula is C18H15IN2O4S2. The van der Waals surface area contributed by atoms with E-state index < -0.39 is 3.98 Å². The zero-order chi connectivity index (χ0) is 19.4. The van der Waals surface area contributed by atoms with E-state index in [4.69, 9.17) is 5.26 Å². The van der Waals surface area contributed by atoms with Gasteiger partial charge in [0.05, 0.1) is 39.4 Å². The second-order valence-electron chi connectivity index (χ2n) is 5.47. The zero-order valence-corrected chi connectivity index (χ0v) is 18.2. The van der Waals surface area contributed by atoms with Crippen LogP contribution in [0.2, 0.25) is 0 Å². The molecule has 140 valence electrons. The van der Waals surface area contributed by atoms with Gasteiger partial charge in [0, 0.05) is 18.0 Å².